The van der Waals surface area contributed by atoms with Crippen LogP contribution in [0.2, 0.25) is 0 Å². The predicted octanol–water partition coefficient (Wildman–Crippen LogP) is 3.09. The van der Waals surface area contributed by atoms with E-state index in [1.807, 2.05) is 12.1 Å². The summed E-state index contributed by atoms with van der Waals surface area (Å²) in [6, 6.07) is 8.14. The molecule has 0 amide bonds. The smallest absolute Gasteiger partial charge is 0.135 e. The maximum absolute atomic E-state index is 5.67. The minimum atomic E-state index is 0.709. The molecule has 0 aliphatic carbocycles. The summed E-state index contributed by atoms with van der Waals surface area (Å²) in [5.74, 6) is 1.02. The molecule has 0 bridgehead atoms. The van der Waals surface area contributed by atoms with Crippen LogP contribution in [0.15, 0.2) is 33.2 Å². The lowest BCUT2D eigenvalue weighted by atomic mass is 10.2. The van der Waals surface area contributed by atoms with Gasteiger partial charge in [-0.25, -0.2) is 0 Å². The lowest BCUT2D eigenvalue weighted by Crippen LogP contribution is -1.99. The van der Waals surface area contributed by atoms with Gasteiger partial charge in [0.25, 0.3) is 0 Å². The zero-order chi connectivity index (χ0) is 9.97. The Labute approximate surface area is 91.2 Å². The van der Waals surface area contributed by atoms with E-state index in [-0.39, 0.29) is 0 Å². The zero-order valence-corrected chi connectivity index (χ0v) is 9.38. The van der Waals surface area contributed by atoms with Gasteiger partial charge in [0, 0.05) is 16.3 Å². The molecule has 0 aliphatic rings. The van der Waals surface area contributed by atoms with Crippen LogP contribution in [0.4, 0.5) is 0 Å². The summed E-state index contributed by atoms with van der Waals surface area (Å²) in [4.78, 5) is 0. The van der Waals surface area contributed by atoms with Gasteiger partial charge >= 0.3 is 0 Å². The molecule has 2 aromatic rings. The lowest BCUT2D eigenvalue weighted by molar-refractivity contribution is 0.540. The first-order valence-corrected chi connectivity index (χ1v) is 5.47. The van der Waals surface area contributed by atoms with E-state index in [9.17, 15) is 0 Å². The molecule has 1 heterocycles. The van der Waals surface area contributed by atoms with E-state index in [0.717, 1.165) is 34.0 Å². The molecule has 14 heavy (non-hydrogen) atoms. The van der Waals surface area contributed by atoms with Gasteiger partial charge in [-0.15, -0.1) is 0 Å². The Morgan fingerprint density at radius 3 is 2.93 bits per heavy atom. The average molecular weight is 254 g/mol. The second-order valence-electron chi connectivity index (χ2n) is 3.29. The lowest BCUT2D eigenvalue weighted by Gasteiger charge is -1.91. The number of aryl methyl sites for hydroxylation is 1. The molecule has 2 rings (SSSR count). The third kappa shape index (κ3) is 1.99. The van der Waals surface area contributed by atoms with Crippen molar-refractivity contribution in [2.75, 3.05) is 6.54 Å². The van der Waals surface area contributed by atoms with Crippen molar-refractivity contribution in [1.29, 1.82) is 0 Å². The molecule has 1 aromatic heterocycles. The Kier molecular flexibility index (Phi) is 2.89. The van der Waals surface area contributed by atoms with E-state index < -0.39 is 0 Å². The highest BCUT2D eigenvalue weighted by atomic mass is 79.9. The van der Waals surface area contributed by atoms with Crippen molar-refractivity contribution in [1.82, 2.24) is 0 Å². The van der Waals surface area contributed by atoms with Gasteiger partial charge < -0.3 is 10.2 Å². The fraction of sp³-hybridized carbons (Fsp3) is 0.273. The molecule has 0 aliphatic heterocycles. The van der Waals surface area contributed by atoms with Crippen LogP contribution >= 0.6 is 15.9 Å². The third-order valence-electron chi connectivity index (χ3n) is 2.16. The normalized spacial score (nSPS) is 11.0. The highest BCUT2D eigenvalue weighted by Crippen LogP contribution is 2.23. The van der Waals surface area contributed by atoms with Crippen molar-refractivity contribution in [3.05, 3.63) is 34.5 Å². The molecule has 3 heteroatoms. The molecular formula is C11H12BrNO. The van der Waals surface area contributed by atoms with Gasteiger partial charge in [0.15, 0.2) is 0 Å². The number of fused-ring (bicyclic) bond motifs is 1. The summed E-state index contributed by atoms with van der Waals surface area (Å²) in [6.07, 6.45) is 1.89. The van der Waals surface area contributed by atoms with E-state index >= 15 is 0 Å². The SMILES string of the molecule is NCCCc1cc2ccc(Br)cc2o1. The van der Waals surface area contributed by atoms with E-state index in [4.69, 9.17) is 10.2 Å². The van der Waals surface area contributed by atoms with Gasteiger partial charge in [0.2, 0.25) is 0 Å². The Hall–Kier alpha value is -0.800. The van der Waals surface area contributed by atoms with Crippen molar-refractivity contribution in [2.45, 2.75) is 12.8 Å². The number of nitrogens with two attached hydrogens (primary N) is 1. The summed E-state index contributed by atoms with van der Waals surface area (Å²) < 4.78 is 6.71. The second-order valence-corrected chi connectivity index (χ2v) is 4.20. The summed E-state index contributed by atoms with van der Waals surface area (Å²) in [5, 5.41) is 1.15. The standard InChI is InChI=1S/C11H12BrNO/c12-9-4-3-8-6-10(2-1-5-13)14-11(8)7-9/h3-4,6-7H,1-2,5,13H2. The number of halogens is 1. The van der Waals surface area contributed by atoms with Crippen LogP contribution in [0.1, 0.15) is 12.2 Å². The van der Waals surface area contributed by atoms with Crippen LogP contribution in [0.25, 0.3) is 11.0 Å². The van der Waals surface area contributed by atoms with E-state index in [2.05, 4.69) is 28.1 Å². The Morgan fingerprint density at radius 1 is 1.29 bits per heavy atom. The van der Waals surface area contributed by atoms with Gasteiger partial charge in [0.1, 0.15) is 11.3 Å². The van der Waals surface area contributed by atoms with Crippen molar-refractivity contribution < 1.29 is 4.42 Å². The van der Waals surface area contributed by atoms with Gasteiger partial charge in [0.05, 0.1) is 0 Å². The minimum Gasteiger partial charge on any atom is -0.461 e. The monoisotopic (exact) mass is 253 g/mol. The second kappa shape index (κ2) is 4.15. The number of hydrogen-bond acceptors (Lipinski definition) is 2. The first-order valence-electron chi connectivity index (χ1n) is 4.67. The van der Waals surface area contributed by atoms with E-state index in [1.54, 1.807) is 0 Å². The van der Waals surface area contributed by atoms with Crippen molar-refractivity contribution >= 4 is 26.9 Å². The molecule has 0 saturated heterocycles. The summed E-state index contributed by atoms with van der Waals surface area (Å²) in [7, 11) is 0. The topological polar surface area (TPSA) is 39.2 Å². The molecule has 0 unspecified atom stereocenters. The Morgan fingerprint density at radius 2 is 2.14 bits per heavy atom. The zero-order valence-electron chi connectivity index (χ0n) is 7.79. The van der Waals surface area contributed by atoms with Crippen LogP contribution in [0, 0.1) is 0 Å². The number of benzene rings is 1. The molecule has 0 saturated carbocycles. The third-order valence-corrected chi connectivity index (χ3v) is 2.65. The van der Waals surface area contributed by atoms with Crippen LogP contribution in [0.5, 0.6) is 0 Å². The average Bonchev–Trinajstić information content (AvgIpc) is 2.56. The van der Waals surface area contributed by atoms with Crippen LogP contribution in [-0.2, 0) is 6.42 Å². The predicted molar refractivity (Wildman–Crippen MR) is 61.3 cm³/mol. The van der Waals surface area contributed by atoms with Crippen LogP contribution in [-0.4, -0.2) is 6.54 Å². The van der Waals surface area contributed by atoms with Crippen molar-refractivity contribution in [3.63, 3.8) is 0 Å². The molecule has 0 spiro atoms. The Balaban J connectivity index is 2.32. The molecule has 2 N–H and O–H groups in total. The van der Waals surface area contributed by atoms with Gasteiger partial charge in [-0.2, -0.15) is 0 Å². The number of hydrogen-bond donors (Lipinski definition) is 1. The maximum Gasteiger partial charge on any atom is 0.135 e. The number of rotatable bonds is 3. The van der Waals surface area contributed by atoms with Crippen LogP contribution in [0.3, 0.4) is 0 Å². The van der Waals surface area contributed by atoms with Gasteiger partial charge in [-0.1, -0.05) is 15.9 Å². The van der Waals surface area contributed by atoms with Crippen molar-refractivity contribution in [2.24, 2.45) is 5.73 Å². The first-order chi connectivity index (χ1) is 6.79. The summed E-state index contributed by atoms with van der Waals surface area (Å²) in [5.41, 5.74) is 6.38. The molecular weight excluding hydrogens is 242 g/mol. The summed E-state index contributed by atoms with van der Waals surface area (Å²) >= 11 is 3.41. The highest BCUT2D eigenvalue weighted by molar-refractivity contribution is 9.10. The fourth-order valence-electron chi connectivity index (χ4n) is 1.46. The van der Waals surface area contributed by atoms with E-state index in [1.165, 1.54) is 0 Å². The molecule has 1 aromatic carbocycles. The summed E-state index contributed by atoms with van der Waals surface area (Å²) in [6.45, 7) is 0.709. The van der Waals surface area contributed by atoms with Crippen LogP contribution < -0.4 is 5.73 Å². The molecule has 0 radical (unpaired) electrons. The number of furan rings is 1. The highest BCUT2D eigenvalue weighted by Gasteiger charge is 2.03. The first kappa shape index (κ1) is 9.74. The molecule has 2 nitrogen and oxygen atoms in total. The molecule has 0 fully saturated rings. The van der Waals surface area contributed by atoms with E-state index in [0.29, 0.717) is 6.54 Å². The Bertz CT molecular complexity index is 436. The molecule has 0 atom stereocenters. The largest absolute Gasteiger partial charge is 0.461 e. The van der Waals surface area contributed by atoms with Crippen molar-refractivity contribution in [3.8, 4) is 0 Å². The molecule has 74 valence electrons. The minimum absolute atomic E-state index is 0.709. The maximum atomic E-state index is 5.67. The fourth-order valence-corrected chi connectivity index (χ4v) is 1.80. The van der Waals surface area contributed by atoms with Gasteiger partial charge in [-0.3, -0.25) is 0 Å². The quantitative estimate of drug-likeness (QED) is 0.914. The van der Waals surface area contributed by atoms with Gasteiger partial charge in [-0.05, 0) is 37.2 Å².